The number of alkyl halides is 3. The summed E-state index contributed by atoms with van der Waals surface area (Å²) in [7, 11) is 0. The van der Waals surface area contributed by atoms with Crippen LogP contribution in [0, 0.1) is 11.3 Å². The van der Waals surface area contributed by atoms with Gasteiger partial charge < -0.3 is 10.0 Å². The fourth-order valence-electron chi connectivity index (χ4n) is 2.71. The van der Waals surface area contributed by atoms with Crippen LogP contribution in [0.25, 0.3) is 0 Å². The first-order valence-corrected chi connectivity index (χ1v) is 6.78. The fourth-order valence-corrected chi connectivity index (χ4v) is 2.71. The first kappa shape index (κ1) is 15.3. The summed E-state index contributed by atoms with van der Waals surface area (Å²) in [5.41, 5.74) is -2.01. The summed E-state index contributed by atoms with van der Waals surface area (Å²) in [4.78, 5) is 1.63. The molecule has 1 saturated heterocycles. The molecule has 1 atom stereocenters. The molecule has 120 valence electrons. The van der Waals surface area contributed by atoms with E-state index in [1.54, 1.807) is 11.0 Å². The van der Waals surface area contributed by atoms with E-state index < -0.39 is 22.9 Å². The van der Waals surface area contributed by atoms with Crippen LogP contribution in [-0.4, -0.2) is 33.6 Å². The van der Waals surface area contributed by atoms with Gasteiger partial charge in [-0.05, 0) is 18.2 Å². The molecule has 0 radical (unpaired) electrons. The molecule has 2 N–H and O–H groups in total. The second-order valence-electron chi connectivity index (χ2n) is 5.40. The van der Waals surface area contributed by atoms with Crippen molar-refractivity contribution < 1.29 is 18.3 Å². The summed E-state index contributed by atoms with van der Waals surface area (Å²) in [6, 6.07) is 5.08. The lowest BCUT2D eigenvalue weighted by Crippen LogP contribution is -2.31. The summed E-state index contributed by atoms with van der Waals surface area (Å²) < 4.78 is 39.1. The number of benzene rings is 1. The highest BCUT2D eigenvalue weighted by Gasteiger charge is 2.41. The molecule has 1 unspecified atom stereocenters. The summed E-state index contributed by atoms with van der Waals surface area (Å²) in [6.45, 7) is 0.468. The van der Waals surface area contributed by atoms with Crippen LogP contribution >= 0.6 is 0 Å². The second-order valence-corrected chi connectivity index (χ2v) is 5.40. The zero-order valence-electron chi connectivity index (χ0n) is 11.8. The van der Waals surface area contributed by atoms with E-state index in [0.29, 0.717) is 24.3 Å². The predicted octanol–water partition coefficient (Wildman–Crippen LogP) is 1.79. The molecule has 2 aromatic rings. The van der Waals surface area contributed by atoms with Crippen LogP contribution in [-0.2, 0) is 11.8 Å². The molecule has 1 aliphatic heterocycles. The highest BCUT2D eigenvalue weighted by Crippen LogP contribution is 2.37. The Morgan fingerprint density at radius 3 is 2.78 bits per heavy atom. The Morgan fingerprint density at radius 1 is 1.39 bits per heavy atom. The summed E-state index contributed by atoms with van der Waals surface area (Å²) in [5, 5.41) is 29.3. The number of halogens is 3. The van der Waals surface area contributed by atoms with Crippen molar-refractivity contribution in [1.82, 2.24) is 15.4 Å². The zero-order valence-corrected chi connectivity index (χ0v) is 11.8. The van der Waals surface area contributed by atoms with Crippen molar-refractivity contribution in [2.45, 2.75) is 18.2 Å². The molecule has 6 nitrogen and oxygen atoms in total. The van der Waals surface area contributed by atoms with Gasteiger partial charge >= 0.3 is 6.18 Å². The third-order valence-corrected chi connectivity index (χ3v) is 3.93. The van der Waals surface area contributed by atoms with Crippen LogP contribution in [0.2, 0.25) is 0 Å². The molecule has 9 heteroatoms. The number of nitrogens with one attached hydrogen (secondary N) is 1. The van der Waals surface area contributed by atoms with Gasteiger partial charge in [-0.25, -0.2) is 0 Å². The van der Waals surface area contributed by atoms with E-state index in [-0.39, 0.29) is 6.54 Å². The van der Waals surface area contributed by atoms with E-state index in [9.17, 15) is 18.3 Å². The molecule has 0 amide bonds. The molecule has 0 bridgehead atoms. The van der Waals surface area contributed by atoms with Crippen molar-refractivity contribution in [2.75, 3.05) is 18.0 Å². The maximum atomic E-state index is 13.0. The zero-order chi connectivity index (χ0) is 16.7. The van der Waals surface area contributed by atoms with Crippen LogP contribution in [0.5, 0.6) is 0 Å². The SMILES string of the molecule is N#Cc1ccc(N2CCC(O)(c3cn[nH]n3)C2)cc1C(F)(F)F. The molecular weight excluding hydrogens is 311 g/mol. The van der Waals surface area contributed by atoms with Crippen molar-refractivity contribution in [2.24, 2.45) is 0 Å². The third-order valence-electron chi connectivity index (χ3n) is 3.93. The number of rotatable bonds is 2. The molecule has 1 fully saturated rings. The maximum absolute atomic E-state index is 13.0. The highest BCUT2D eigenvalue weighted by atomic mass is 19.4. The van der Waals surface area contributed by atoms with E-state index >= 15 is 0 Å². The summed E-state index contributed by atoms with van der Waals surface area (Å²) >= 11 is 0. The number of hydrogen-bond acceptors (Lipinski definition) is 5. The molecule has 3 rings (SSSR count). The van der Waals surface area contributed by atoms with Crippen molar-refractivity contribution in [1.29, 1.82) is 5.26 Å². The van der Waals surface area contributed by atoms with Gasteiger partial charge in [-0.3, -0.25) is 0 Å². The van der Waals surface area contributed by atoms with Gasteiger partial charge in [0.1, 0.15) is 11.3 Å². The Balaban J connectivity index is 1.91. The average Bonchev–Trinajstić information content (AvgIpc) is 3.16. The van der Waals surface area contributed by atoms with Gasteiger partial charge in [-0.1, -0.05) is 0 Å². The molecule has 1 aliphatic rings. The number of anilines is 1. The number of aromatic amines is 1. The van der Waals surface area contributed by atoms with Gasteiger partial charge in [0, 0.05) is 18.7 Å². The maximum Gasteiger partial charge on any atom is 0.417 e. The summed E-state index contributed by atoms with van der Waals surface area (Å²) in [6.07, 6.45) is -2.90. The number of nitriles is 1. The molecule has 0 saturated carbocycles. The van der Waals surface area contributed by atoms with E-state index in [1.165, 1.54) is 12.3 Å². The summed E-state index contributed by atoms with van der Waals surface area (Å²) in [5.74, 6) is 0. The largest absolute Gasteiger partial charge is 0.417 e. The topological polar surface area (TPSA) is 88.8 Å². The van der Waals surface area contributed by atoms with Gasteiger partial charge in [0.15, 0.2) is 0 Å². The number of aromatic nitrogens is 3. The fraction of sp³-hybridized carbons (Fsp3) is 0.357. The first-order chi connectivity index (χ1) is 10.8. The normalized spacial score (nSPS) is 21.4. The van der Waals surface area contributed by atoms with Crippen molar-refractivity contribution in [3.8, 4) is 6.07 Å². The van der Waals surface area contributed by atoms with Gasteiger partial charge in [-0.15, -0.1) is 0 Å². The Kier molecular flexibility index (Phi) is 3.49. The molecule has 0 aliphatic carbocycles. The lowest BCUT2D eigenvalue weighted by Gasteiger charge is -2.23. The van der Waals surface area contributed by atoms with Crippen molar-refractivity contribution in [3.05, 3.63) is 41.2 Å². The molecular formula is C14H12F3N5O. The number of nitrogens with zero attached hydrogens (tertiary/aromatic N) is 4. The Labute approximate surface area is 129 Å². The second kappa shape index (κ2) is 5.24. The van der Waals surface area contributed by atoms with Crippen LogP contribution < -0.4 is 4.90 Å². The highest BCUT2D eigenvalue weighted by molar-refractivity contribution is 5.56. The minimum Gasteiger partial charge on any atom is -0.381 e. The monoisotopic (exact) mass is 323 g/mol. The van der Waals surface area contributed by atoms with Crippen LogP contribution in [0.3, 0.4) is 0 Å². The minimum absolute atomic E-state index is 0.0999. The Morgan fingerprint density at radius 2 is 2.17 bits per heavy atom. The molecule has 1 aromatic heterocycles. The lowest BCUT2D eigenvalue weighted by molar-refractivity contribution is -0.137. The van der Waals surface area contributed by atoms with Crippen LogP contribution in [0.1, 0.15) is 23.2 Å². The van der Waals surface area contributed by atoms with Crippen molar-refractivity contribution >= 4 is 5.69 Å². The lowest BCUT2D eigenvalue weighted by atomic mass is 10.00. The van der Waals surface area contributed by atoms with E-state index in [1.807, 2.05) is 0 Å². The van der Waals surface area contributed by atoms with Gasteiger partial charge in [0.25, 0.3) is 0 Å². The smallest absolute Gasteiger partial charge is 0.381 e. The first-order valence-electron chi connectivity index (χ1n) is 6.78. The van der Waals surface area contributed by atoms with Gasteiger partial charge in [0.2, 0.25) is 0 Å². The standard InChI is InChI=1S/C14H12F3N5O/c15-14(16,17)11-5-10(2-1-9(11)6-18)22-4-3-13(23,8-22)12-7-19-21-20-12/h1-2,5,7,23H,3-4,8H2,(H,19,20,21). The number of H-pyrrole nitrogens is 1. The molecule has 1 aromatic carbocycles. The molecule has 2 heterocycles. The van der Waals surface area contributed by atoms with Crippen LogP contribution in [0.4, 0.5) is 18.9 Å². The Bertz CT molecular complexity index is 753. The number of β-amino-alcohol motifs (C(OH)–C–C–N with tert-alkyl or cyclic N) is 1. The van der Waals surface area contributed by atoms with E-state index in [4.69, 9.17) is 5.26 Å². The van der Waals surface area contributed by atoms with Gasteiger partial charge in [0.05, 0.1) is 29.9 Å². The number of aliphatic hydroxyl groups is 1. The van der Waals surface area contributed by atoms with Gasteiger partial charge in [-0.2, -0.15) is 33.8 Å². The van der Waals surface area contributed by atoms with E-state index in [2.05, 4.69) is 15.4 Å². The predicted molar refractivity (Wildman–Crippen MR) is 73.3 cm³/mol. The molecule has 23 heavy (non-hydrogen) atoms. The number of hydrogen-bond donors (Lipinski definition) is 2. The quantitative estimate of drug-likeness (QED) is 0.879. The Hall–Kier alpha value is -2.60. The minimum atomic E-state index is -4.61. The van der Waals surface area contributed by atoms with E-state index in [0.717, 1.165) is 12.1 Å². The average molecular weight is 323 g/mol. The molecule has 0 spiro atoms. The van der Waals surface area contributed by atoms with Crippen molar-refractivity contribution in [3.63, 3.8) is 0 Å². The third kappa shape index (κ3) is 2.73. The van der Waals surface area contributed by atoms with Crippen LogP contribution in [0.15, 0.2) is 24.4 Å².